The quantitative estimate of drug-likeness (QED) is 0.582. The highest BCUT2D eigenvalue weighted by Crippen LogP contribution is 2.34. The number of nitrogens with one attached hydrogen (secondary N) is 2. The first-order valence-electron chi connectivity index (χ1n) is 6.89. The monoisotopic (exact) mass is 322 g/mol. The summed E-state index contributed by atoms with van der Waals surface area (Å²) in [6.45, 7) is 0. The number of hydrazine groups is 1. The first-order chi connectivity index (χ1) is 10.2. The smallest absolute Gasteiger partial charge is 0.161 e. The zero-order chi connectivity index (χ0) is 14.8. The zero-order valence-electron chi connectivity index (χ0n) is 11.4. The Balaban J connectivity index is 1.97. The highest BCUT2D eigenvalue weighted by atomic mass is 35.5. The number of anilines is 3. The number of aryl methyl sites for hydroxylation is 1. The van der Waals surface area contributed by atoms with Crippen molar-refractivity contribution in [2.75, 3.05) is 10.7 Å². The number of pyridine rings is 1. The second kappa shape index (κ2) is 6.10. The number of nitrogen functional groups attached to an aromatic ring is 1. The fourth-order valence-electron chi connectivity index (χ4n) is 2.68. The van der Waals surface area contributed by atoms with E-state index in [0.29, 0.717) is 21.7 Å². The van der Waals surface area contributed by atoms with Gasteiger partial charge in [0.25, 0.3) is 0 Å². The standard InChI is InChI=1S/C15H16Cl2N4/c16-11-8-12(17)15(21-18)20-14(11)19-13-7-3-5-9-4-1-2-6-10(9)13/h3,5,7-8H,1-2,4,6,18H2,(H2,19,20,21). The van der Waals surface area contributed by atoms with Crippen molar-refractivity contribution in [3.63, 3.8) is 0 Å². The lowest BCUT2D eigenvalue weighted by atomic mass is 9.90. The van der Waals surface area contributed by atoms with Crippen LogP contribution >= 0.6 is 23.2 Å². The normalized spacial score (nSPS) is 13.7. The third-order valence-corrected chi connectivity index (χ3v) is 4.29. The molecule has 1 aliphatic rings. The molecule has 0 amide bonds. The Kier molecular flexibility index (Phi) is 4.19. The van der Waals surface area contributed by atoms with E-state index in [0.717, 1.165) is 18.5 Å². The van der Waals surface area contributed by atoms with Gasteiger partial charge in [-0.25, -0.2) is 10.8 Å². The lowest BCUT2D eigenvalue weighted by Crippen LogP contribution is -2.11. The summed E-state index contributed by atoms with van der Waals surface area (Å²) in [5.41, 5.74) is 6.26. The van der Waals surface area contributed by atoms with Crippen molar-refractivity contribution in [3.05, 3.63) is 45.4 Å². The van der Waals surface area contributed by atoms with E-state index in [1.165, 1.54) is 24.0 Å². The van der Waals surface area contributed by atoms with E-state index in [1.54, 1.807) is 6.07 Å². The molecule has 2 aromatic rings. The van der Waals surface area contributed by atoms with Gasteiger partial charge in [0.1, 0.15) is 0 Å². The summed E-state index contributed by atoms with van der Waals surface area (Å²) in [7, 11) is 0. The number of nitrogens with zero attached hydrogens (tertiary/aromatic N) is 1. The third-order valence-electron chi connectivity index (χ3n) is 3.72. The Labute approximate surface area is 133 Å². The lowest BCUT2D eigenvalue weighted by Gasteiger charge is -2.20. The van der Waals surface area contributed by atoms with Gasteiger partial charge in [-0.05, 0) is 48.9 Å². The maximum atomic E-state index is 6.21. The number of hydrogen-bond donors (Lipinski definition) is 3. The van der Waals surface area contributed by atoms with Gasteiger partial charge in [-0.1, -0.05) is 35.3 Å². The van der Waals surface area contributed by atoms with Gasteiger partial charge in [-0.3, -0.25) is 0 Å². The molecular formula is C15H16Cl2N4. The van der Waals surface area contributed by atoms with Gasteiger partial charge in [0.2, 0.25) is 0 Å². The molecule has 0 spiro atoms. The maximum absolute atomic E-state index is 6.21. The molecule has 0 saturated carbocycles. The van der Waals surface area contributed by atoms with Crippen molar-refractivity contribution in [1.82, 2.24) is 4.98 Å². The Morgan fingerprint density at radius 1 is 1.05 bits per heavy atom. The van der Waals surface area contributed by atoms with Crippen molar-refractivity contribution in [2.45, 2.75) is 25.7 Å². The maximum Gasteiger partial charge on any atom is 0.161 e. The fourth-order valence-corrected chi connectivity index (χ4v) is 3.14. The number of halogens is 2. The van der Waals surface area contributed by atoms with E-state index in [4.69, 9.17) is 29.0 Å². The molecule has 0 atom stereocenters. The number of aromatic nitrogens is 1. The summed E-state index contributed by atoms with van der Waals surface area (Å²) in [6.07, 6.45) is 4.66. The van der Waals surface area contributed by atoms with Crippen molar-refractivity contribution in [3.8, 4) is 0 Å². The van der Waals surface area contributed by atoms with Gasteiger partial charge in [-0.2, -0.15) is 0 Å². The average molecular weight is 323 g/mol. The second-order valence-electron chi connectivity index (χ2n) is 5.07. The van der Waals surface area contributed by atoms with Crippen molar-refractivity contribution in [1.29, 1.82) is 0 Å². The van der Waals surface area contributed by atoms with Crippen LogP contribution in [0.3, 0.4) is 0 Å². The largest absolute Gasteiger partial charge is 0.339 e. The van der Waals surface area contributed by atoms with Crippen LogP contribution in [0.25, 0.3) is 0 Å². The Bertz CT molecular complexity index is 673. The van der Waals surface area contributed by atoms with E-state index in [1.807, 2.05) is 6.07 Å². The predicted molar refractivity (Wildman–Crippen MR) is 88.4 cm³/mol. The Morgan fingerprint density at radius 3 is 2.62 bits per heavy atom. The minimum absolute atomic E-state index is 0.392. The third kappa shape index (κ3) is 2.93. The van der Waals surface area contributed by atoms with Crippen molar-refractivity contribution in [2.24, 2.45) is 5.84 Å². The van der Waals surface area contributed by atoms with E-state index < -0.39 is 0 Å². The first-order valence-corrected chi connectivity index (χ1v) is 7.65. The molecule has 6 heteroatoms. The van der Waals surface area contributed by atoms with Crippen LogP contribution in [-0.2, 0) is 12.8 Å². The van der Waals surface area contributed by atoms with Gasteiger partial charge in [0.15, 0.2) is 11.6 Å². The second-order valence-corrected chi connectivity index (χ2v) is 5.88. The molecule has 4 nitrogen and oxygen atoms in total. The summed E-state index contributed by atoms with van der Waals surface area (Å²) in [6, 6.07) is 7.91. The van der Waals surface area contributed by atoms with Crippen LogP contribution in [0.4, 0.5) is 17.3 Å². The highest BCUT2D eigenvalue weighted by molar-refractivity contribution is 6.37. The zero-order valence-corrected chi connectivity index (χ0v) is 12.9. The van der Waals surface area contributed by atoms with Crippen LogP contribution in [0.1, 0.15) is 24.0 Å². The number of nitrogens with two attached hydrogens (primary N) is 1. The molecule has 1 aromatic heterocycles. The topological polar surface area (TPSA) is 63.0 Å². The van der Waals surface area contributed by atoms with Gasteiger partial charge >= 0.3 is 0 Å². The highest BCUT2D eigenvalue weighted by Gasteiger charge is 2.15. The molecule has 3 rings (SSSR count). The summed E-state index contributed by atoms with van der Waals surface area (Å²) in [5, 5.41) is 4.16. The minimum atomic E-state index is 0.392. The summed E-state index contributed by atoms with van der Waals surface area (Å²) >= 11 is 12.2. The van der Waals surface area contributed by atoms with Gasteiger partial charge in [-0.15, -0.1) is 0 Å². The van der Waals surface area contributed by atoms with E-state index in [2.05, 4.69) is 27.9 Å². The number of benzene rings is 1. The first kappa shape index (κ1) is 14.4. The molecule has 1 heterocycles. The van der Waals surface area contributed by atoms with Gasteiger partial charge in [0, 0.05) is 5.69 Å². The van der Waals surface area contributed by atoms with Crippen molar-refractivity contribution < 1.29 is 0 Å². The SMILES string of the molecule is NNc1nc(Nc2cccc3c2CCCC3)c(Cl)cc1Cl. The molecule has 0 saturated heterocycles. The Morgan fingerprint density at radius 2 is 1.81 bits per heavy atom. The van der Waals surface area contributed by atoms with Crippen LogP contribution in [0.2, 0.25) is 10.0 Å². The van der Waals surface area contributed by atoms with Crippen LogP contribution in [-0.4, -0.2) is 4.98 Å². The minimum Gasteiger partial charge on any atom is -0.339 e. The van der Waals surface area contributed by atoms with E-state index in [-0.39, 0.29) is 0 Å². The van der Waals surface area contributed by atoms with Crippen molar-refractivity contribution >= 4 is 40.5 Å². The molecule has 0 aliphatic heterocycles. The van der Waals surface area contributed by atoms with E-state index >= 15 is 0 Å². The molecule has 0 unspecified atom stereocenters. The van der Waals surface area contributed by atoms with Crippen LogP contribution in [0, 0.1) is 0 Å². The number of rotatable bonds is 3. The number of fused-ring (bicyclic) bond motifs is 1. The summed E-state index contributed by atoms with van der Waals surface area (Å²) in [4.78, 5) is 4.32. The molecule has 21 heavy (non-hydrogen) atoms. The van der Waals surface area contributed by atoms with E-state index in [9.17, 15) is 0 Å². The van der Waals surface area contributed by atoms with Crippen LogP contribution < -0.4 is 16.6 Å². The molecule has 1 aromatic carbocycles. The van der Waals surface area contributed by atoms with Gasteiger partial charge in [0.05, 0.1) is 10.0 Å². The van der Waals surface area contributed by atoms with Crippen LogP contribution in [0.15, 0.2) is 24.3 Å². The predicted octanol–water partition coefficient (Wildman–Crippen LogP) is 4.30. The molecule has 0 radical (unpaired) electrons. The molecular weight excluding hydrogens is 307 g/mol. The lowest BCUT2D eigenvalue weighted by molar-refractivity contribution is 0.687. The summed E-state index contributed by atoms with van der Waals surface area (Å²) in [5.74, 6) is 6.35. The molecule has 0 bridgehead atoms. The van der Waals surface area contributed by atoms with Crippen LogP contribution in [0.5, 0.6) is 0 Å². The molecule has 1 aliphatic carbocycles. The fraction of sp³-hybridized carbons (Fsp3) is 0.267. The summed E-state index contributed by atoms with van der Waals surface area (Å²) < 4.78 is 0. The molecule has 110 valence electrons. The molecule has 4 N–H and O–H groups in total. The Hall–Kier alpha value is -1.49. The molecule has 0 fully saturated rings. The number of hydrogen-bond acceptors (Lipinski definition) is 4. The average Bonchev–Trinajstić information content (AvgIpc) is 2.50. The van der Waals surface area contributed by atoms with Gasteiger partial charge < -0.3 is 10.7 Å².